The van der Waals surface area contributed by atoms with Crippen LogP contribution < -0.4 is 14.9 Å². The first-order valence-electron chi connectivity index (χ1n) is 15.3. The molecule has 0 fully saturated rings. The van der Waals surface area contributed by atoms with Crippen LogP contribution in [0.3, 0.4) is 0 Å². The molecule has 0 saturated carbocycles. The number of fused-ring (bicyclic) bond motifs is 1. The van der Waals surface area contributed by atoms with Crippen molar-refractivity contribution in [1.82, 2.24) is 4.72 Å². The molecule has 5 aromatic rings. The summed E-state index contributed by atoms with van der Waals surface area (Å²) in [5, 5.41) is 2.86. The molecular formula is C39H37N3O3S. The van der Waals surface area contributed by atoms with Crippen molar-refractivity contribution in [3.05, 3.63) is 167 Å². The highest BCUT2D eigenvalue weighted by Crippen LogP contribution is 2.54. The molecule has 0 bridgehead atoms. The topological polar surface area (TPSA) is 78.5 Å². The molecule has 7 heteroatoms. The molecule has 1 heterocycles. The van der Waals surface area contributed by atoms with Crippen molar-refractivity contribution in [2.45, 2.75) is 43.5 Å². The SMILES string of the molecule is CC(=O)Nc1cccc([C@@]2(NS(=O)C(C)(C)C)C(=O)N(C(c3ccccc3)(c3ccccc3)c3ccccc3)c3ccccc32)c1. The third-order valence-electron chi connectivity index (χ3n) is 8.40. The van der Waals surface area contributed by atoms with Gasteiger partial charge < -0.3 is 5.32 Å². The number of hydrogen-bond donors (Lipinski definition) is 2. The highest BCUT2D eigenvalue weighted by Gasteiger charge is 2.60. The van der Waals surface area contributed by atoms with Crippen molar-refractivity contribution in [3.8, 4) is 0 Å². The normalized spacial score (nSPS) is 17.0. The molecule has 1 aliphatic rings. The van der Waals surface area contributed by atoms with E-state index in [1.54, 1.807) is 18.2 Å². The lowest BCUT2D eigenvalue weighted by molar-refractivity contribution is -0.123. The van der Waals surface area contributed by atoms with Crippen LogP contribution in [0.4, 0.5) is 11.4 Å². The van der Waals surface area contributed by atoms with Crippen molar-refractivity contribution < 1.29 is 13.8 Å². The van der Waals surface area contributed by atoms with Crippen LogP contribution in [0.2, 0.25) is 0 Å². The van der Waals surface area contributed by atoms with Gasteiger partial charge in [-0.15, -0.1) is 0 Å². The maximum Gasteiger partial charge on any atom is 0.258 e. The Morgan fingerprint density at radius 3 is 1.70 bits per heavy atom. The van der Waals surface area contributed by atoms with E-state index in [2.05, 4.69) is 10.0 Å². The monoisotopic (exact) mass is 627 g/mol. The van der Waals surface area contributed by atoms with Gasteiger partial charge in [-0.2, -0.15) is 0 Å². The minimum absolute atomic E-state index is 0.228. The average molecular weight is 628 g/mol. The van der Waals surface area contributed by atoms with Crippen molar-refractivity contribution >= 4 is 34.2 Å². The predicted octanol–water partition coefficient (Wildman–Crippen LogP) is 7.28. The minimum atomic E-state index is -1.67. The van der Waals surface area contributed by atoms with Crippen LogP contribution in [0.5, 0.6) is 0 Å². The standard InChI is InChI=1S/C39H37N3O3S/c1-28(43)40-33-24-16-23-32(27-33)38(41-46(45)37(2,3)4)34-25-14-15-26-35(34)42(36(38)44)39(29-17-8-5-9-18-29,30-19-10-6-11-20-30)31-21-12-7-13-22-31/h5-27,41H,1-4H3,(H,40,43)/t38-,46?/m0/s1. The number of carbonyl (C=O) groups excluding carboxylic acids is 2. The number of para-hydroxylation sites is 1. The fourth-order valence-corrected chi connectivity index (χ4v) is 7.30. The highest BCUT2D eigenvalue weighted by molar-refractivity contribution is 7.84. The summed E-state index contributed by atoms with van der Waals surface area (Å²) in [6, 6.07) is 45.1. The molecule has 1 aliphatic heterocycles. The van der Waals surface area contributed by atoms with E-state index in [-0.39, 0.29) is 11.8 Å². The maximum atomic E-state index is 15.9. The van der Waals surface area contributed by atoms with E-state index in [0.717, 1.165) is 16.7 Å². The van der Waals surface area contributed by atoms with Crippen LogP contribution in [0.25, 0.3) is 0 Å². The summed E-state index contributed by atoms with van der Waals surface area (Å²) in [5.41, 5.74) is 2.49. The molecule has 232 valence electrons. The number of nitrogens with one attached hydrogen (secondary N) is 2. The Hall–Kier alpha value is -4.85. The molecule has 0 radical (unpaired) electrons. The van der Waals surface area contributed by atoms with Crippen LogP contribution in [-0.4, -0.2) is 20.8 Å². The predicted molar refractivity (Wildman–Crippen MR) is 186 cm³/mol. The quantitative estimate of drug-likeness (QED) is 0.178. The summed E-state index contributed by atoms with van der Waals surface area (Å²) in [4.78, 5) is 29.9. The molecular weight excluding hydrogens is 591 g/mol. The Labute approximate surface area is 273 Å². The highest BCUT2D eigenvalue weighted by atomic mass is 32.2. The molecule has 46 heavy (non-hydrogen) atoms. The zero-order valence-electron chi connectivity index (χ0n) is 26.4. The van der Waals surface area contributed by atoms with Crippen molar-refractivity contribution in [1.29, 1.82) is 0 Å². The van der Waals surface area contributed by atoms with Crippen LogP contribution in [0.15, 0.2) is 140 Å². The third-order valence-corrected chi connectivity index (χ3v) is 10.0. The first kappa shape index (κ1) is 31.1. The average Bonchev–Trinajstić information content (AvgIpc) is 3.31. The molecule has 6 rings (SSSR count). The van der Waals surface area contributed by atoms with E-state index in [1.165, 1.54) is 6.92 Å². The summed E-state index contributed by atoms with van der Waals surface area (Å²) in [6.45, 7) is 7.08. The van der Waals surface area contributed by atoms with Crippen LogP contribution in [0, 0.1) is 0 Å². The Morgan fingerprint density at radius 2 is 1.20 bits per heavy atom. The van der Waals surface area contributed by atoms with Crippen molar-refractivity contribution in [2.24, 2.45) is 0 Å². The Morgan fingerprint density at radius 1 is 0.696 bits per heavy atom. The Balaban J connectivity index is 1.73. The third kappa shape index (κ3) is 5.15. The van der Waals surface area contributed by atoms with Gasteiger partial charge in [0, 0.05) is 18.2 Å². The van der Waals surface area contributed by atoms with Gasteiger partial charge in [0.25, 0.3) is 5.91 Å². The zero-order chi connectivity index (χ0) is 32.5. The summed E-state index contributed by atoms with van der Waals surface area (Å²) >= 11 is 0. The molecule has 0 aliphatic carbocycles. The summed E-state index contributed by atoms with van der Waals surface area (Å²) in [5.74, 6) is -0.517. The Kier molecular flexibility index (Phi) is 8.23. The van der Waals surface area contributed by atoms with Gasteiger partial charge in [-0.3, -0.25) is 14.5 Å². The van der Waals surface area contributed by atoms with E-state index in [1.807, 2.05) is 147 Å². The number of benzene rings is 5. The van der Waals surface area contributed by atoms with E-state index < -0.39 is 26.8 Å². The van der Waals surface area contributed by atoms with E-state index in [0.29, 0.717) is 22.5 Å². The van der Waals surface area contributed by atoms with Gasteiger partial charge in [0.15, 0.2) is 5.54 Å². The Bertz CT molecular complexity index is 1810. The van der Waals surface area contributed by atoms with Crippen LogP contribution in [0.1, 0.15) is 55.5 Å². The van der Waals surface area contributed by atoms with Gasteiger partial charge in [-0.1, -0.05) is 121 Å². The molecule has 1 unspecified atom stereocenters. The number of carbonyl (C=O) groups is 2. The van der Waals surface area contributed by atoms with E-state index in [4.69, 9.17) is 0 Å². The first-order chi connectivity index (χ1) is 22.1. The van der Waals surface area contributed by atoms with E-state index >= 15 is 4.79 Å². The molecule has 0 saturated heterocycles. The first-order valence-corrected chi connectivity index (χ1v) is 16.4. The van der Waals surface area contributed by atoms with Gasteiger partial charge >= 0.3 is 0 Å². The van der Waals surface area contributed by atoms with Crippen molar-refractivity contribution in [2.75, 3.05) is 10.2 Å². The number of hydrogen-bond acceptors (Lipinski definition) is 3. The molecule has 6 nitrogen and oxygen atoms in total. The van der Waals surface area contributed by atoms with Gasteiger partial charge in [0.2, 0.25) is 5.91 Å². The summed E-state index contributed by atoms with van der Waals surface area (Å²) < 4.78 is 16.8. The molecule has 2 N–H and O–H groups in total. The minimum Gasteiger partial charge on any atom is -0.326 e. The number of anilines is 2. The van der Waals surface area contributed by atoms with Gasteiger partial charge in [-0.25, -0.2) is 8.93 Å². The van der Waals surface area contributed by atoms with Crippen LogP contribution >= 0.6 is 0 Å². The lowest BCUT2D eigenvalue weighted by Crippen LogP contribution is -2.59. The number of nitrogens with zero attached hydrogens (tertiary/aromatic N) is 1. The maximum absolute atomic E-state index is 15.9. The second kappa shape index (κ2) is 12.2. The van der Waals surface area contributed by atoms with Crippen LogP contribution in [-0.2, 0) is 31.7 Å². The largest absolute Gasteiger partial charge is 0.326 e. The summed E-state index contributed by atoms with van der Waals surface area (Å²) in [7, 11) is -1.67. The molecule has 2 atom stereocenters. The smallest absolute Gasteiger partial charge is 0.258 e. The molecule has 2 amide bonds. The second-order valence-corrected chi connectivity index (χ2v) is 14.4. The van der Waals surface area contributed by atoms with E-state index in [9.17, 15) is 9.00 Å². The number of amides is 2. The molecule has 0 aromatic heterocycles. The molecule has 0 spiro atoms. The number of rotatable bonds is 8. The van der Waals surface area contributed by atoms with Gasteiger partial charge in [0.1, 0.15) is 5.54 Å². The fraction of sp³-hybridized carbons (Fsp3) is 0.179. The molecule has 5 aromatic carbocycles. The lowest BCUT2D eigenvalue weighted by Gasteiger charge is -2.45. The van der Waals surface area contributed by atoms with Crippen molar-refractivity contribution in [3.63, 3.8) is 0 Å². The fourth-order valence-electron chi connectivity index (χ4n) is 6.40. The zero-order valence-corrected chi connectivity index (χ0v) is 27.2. The summed E-state index contributed by atoms with van der Waals surface area (Å²) in [6.07, 6.45) is 0. The second-order valence-electron chi connectivity index (χ2n) is 12.5. The van der Waals surface area contributed by atoms with Gasteiger partial charge in [-0.05, 0) is 61.2 Å². The van der Waals surface area contributed by atoms with Gasteiger partial charge in [0.05, 0.1) is 21.4 Å². The lowest BCUT2D eigenvalue weighted by atomic mass is 9.75.